The Kier molecular flexibility index (Phi) is 4.86. The number of rotatable bonds is 5. The van der Waals surface area contributed by atoms with Gasteiger partial charge in [0, 0.05) is 17.2 Å². The minimum atomic E-state index is 0.0409. The lowest BCUT2D eigenvalue weighted by Crippen LogP contribution is -2.23. The molecule has 0 radical (unpaired) electrons. The van der Waals surface area contributed by atoms with Crippen molar-refractivity contribution in [1.29, 1.82) is 0 Å². The molecular formula is C16H15ClN2OS2. The van der Waals surface area contributed by atoms with Crippen LogP contribution >= 0.6 is 34.7 Å². The molecule has 0 unspecified atom stereocenters. The number of aromatic nitrogens is 2. The van der Waals surface area contributed by atoms with Gasteiger partial charge in [-0.3, -0.25) is 9.36 Å². The average Bonchev–Trinajstić information content (AvgIpc) is 2.94. The summed E-state index contributed by atoms with van der Waals surface area (Å²) < 4.78 is 2.57. The van der Waals surface area contributed by atoms with E-state index in [1.165, 1.54) is 4.88 Å². The van der Waals surface area contributed by atoms with Gasteiger partial charge in [-0.15, -0.1) is 11.3 Å². The maximum atomic E-state index is 12.6. The van der Waals surface area contributed by atoms with E-state index in [9.17, 15) is 4.79 Å². The predicted octanol–water partition coefficient (Wildman–Crippen LogP) is 4.81. The largest absolute Gasteiger partial charge is 0.287 e. The Bertz CT molecular complexity index is 857. The number of hydrogen-bond donors (Lipinski definition) is 0. The van der Waals surface area contributed by atoms with Gasteiger partial charge >= 0.3 is 0 Å². The smallest absolute Gasteiger partial charge is 0.262 e. The Labute approximate surface area is 142 Å². The first-order valence-corrected chi connectivity index (χ1v) is 9.23. The van der Waals surface area contributed by atoms with E-state index in [0.717, 1.165) is 27.2 Å². The first-order valence-electron chi connectivity index (χ1n) is 7.05. The molecule has 114 valence electrons. The highest BCUT2D eigenvalue weighted by atomic mass is 35.5. The van der Waals surface area contributed by atoms with Crippen molar-refractivity contribution in [3.05, 3.63) is 56.0 Å². The monoisotopic (exact) mass is 350 g/mol. The molecule has 0 aliphatic rings. The highest BCUT2D eigenvalue weighted by molar-refractivity contribution is 7.98. The van der Waals surface area contributed by atoms with Crippen molar-refractivity contribution < 1.29 is 0 Å². The zero-order valence-corrected chi connectivity index (χ0v) is 14.5. The number of fused-ring (bicyclic) bond motifs is 1. The molecule has 3 aromatic rings. The Balaban J connectivity index is 1.99. The van der Waals surface area contributed by atoms with Crippen molar-refractivity contribution in [2.45, 2.75) is 30.8 Å². The minimum absolute atomic E-state index is 0.0409. The molecule has 0 bridgehead atoms. The fourth-order valence-corrected chi connectivity index (χ4v) is 4.40. The lowest BCUT2D eigenvalue weighted by molar-refractivity contribution is 0.585. The van der Waals surface area contributed by atoms with E-state index >= 15 is 0 Å². The van der Waals surface area contributed by atoms with Crippen molar-refractivity contribution in [2.75, 3.05) is 0 Å². The molecule has 0 aliphatic heterocycles. The van der Waals surface area contributed by atoms with Gasteiger partial charge < -0.3 is 0 Å². The maximum Gasteiger partial charge on any atom is 0.262 e. The predicted molar refractivity (Wildman–Crippen MR) is 95.2 cm³/mol. The number of benzene rings is 1. The van der Waals surface area contributed by atoms with Gasteiger partial charge in [-0.05, 0) is 30.7 Å². The van der Waals surface area contributed by atoms with Gasteiger partial charge in [0.15, 0.2) is 5.16 Å². The van der Waals surface area contributed by atoms with E-state index in [1.54, 1.807) is 27.7 Å². The standard InChI is InChI=1S/C16H15ClN2OS2/c1-2-9-19-15(20)12-5-3-4-6-13(12)18-16(19)21-10-11-7-8-14(17)22-11/h3-8H,2,9-10H2,1H3. The van der Waals surface area contributed by atoms with Crippen LogP contribution in [0.15, 0.2) is 46.3 Å². The third-order valence-electron chi connectivity index (χ3n) is 3.25. The number of para-hydroxylation sites is 1. The summed E-state index contributed by atoms with van der Waals surface area (Å²) in [4.78, 5) is 18.5. The van der Waals surface area contributed by atoms with Crippen molar-refractivity contribution in [3.63, 3.8) is 0 Å². The van der Waals surface area contributed by atoms with Gasteiger partial charge in [0.05, 0.1) is 15.2 Å². The lowest BCUT2D eigenvalue weighted by atomic mass is 10.2. The fourth-order valence-electron chi connectivity index (χ4n) is 2.24. The quantitative estimate of drug-likeness (QED) is 0.489. The van der Waals surface area contributed by atoms with E-state index < -0.39 is 0 Å². The van der Waals surface area contributed by atoms with E-state index in [2.05, 4.69) is 11.9 Å². The molecule has 3 rings (SSSR count). The second-order valence-corrected chi connectivity index (χ2v) is 7.60. The van der Waals surface area contributed by atoms with Crippen LogP contribution in [0, 0.1) is 0 Å². The number of nitrogens with zero attached hydrogens (tertiary/aromatic N) is 2. The molecule has 6 heteroatoms. The lowest BCUT2D eigenvalue weighted by Gasteiger charge is -2.11. The molecule has 0 spiro atoms. The van der Waals surface area contributed by atoms with Crippen LogP contribution in [0.3, 0.4) is 0 Å². The first kappa shape index (κ1) is 15.6. The van der Waals surface area contributed by atoms with Crippen LogP contribution in [0.1, 0.15) is 18.2 Å². The van der Waals surface area contributed by atoms with Gasteiger partial charge in [0.2, 0.25) is 0 Å². The molecular weight excluding hydrogens is 336 g/mol. The van der Waals surface area contributed by atoms with Crippen LogP contribution in [0.5, 0.6) is 0 Å². The second-order valence-electron chi connectivity index (χ2n) is 4.86. The summed E-state index contributed by atoms with van der Waals surface area (Å²) >= 11 is 9.11. The van der Waals surface area contributed by atoms with Crippen LogP contribution in [0.2, 0.25) is 4.34 Å². The molecule has 3 nitrogen and oxygen atoms in total. The summed E-state index contributed by atoms with van der Waals surface area (Å²) in [5.74, 6) is 0.770. The number of halogens is 1. The Hall–Kier alpha value is -1.30. The molecule has 1 aromatic carbocycles. The molecule has 0 atom stereocenters. The van der Waals surface area contributed by atoms with Crippen molar-refractivity contribution in [2.24, 2.45) is 0 Å². The first-order chi connectivity index (χ1) is 10.7. The van der Waals surface area contributed by atoms with E-state index in [0.29, 0.717) is 11.9 Å². The van der Waals surface area contributed by atoms with Crippen LogP contribution in [0.25, 0.3) is 10.9 Å². The third-order valence-corrected chi connectivity index (χ3v) is 5.69. The van der Waals surface area contributed by atoms with E-state index in [4.69, 9.17) is 11.6 Å². The summed E-state index contributed by atoms with van der Waals surface area (Å²) in [5, 5.41) is 1.45. The number of thioether (sulfide) groups is 1. The molecule has 0 N–H and O–H groups in total. The molecule has 22 heavy (non-hydrogen) atoms. The maximum absolute atomic E-state index is 12.6. The summed E-state index contributed by atoms with van der Waals surface area (Å²) in [7, 11) is 0. The summed E-state index contributed by atoms with van der Waals surface area (Å²) in [6.07, 6.45) is 0.901. The second kappa shape index (κ2) is 6.86. The van der Waals surface area contributed by atoms with E-state index in [1.807, 2.05) is 36.4 Å². The van der Waals surface area contributed by atoms with Crippen LogP contribution in [-0.4, -0.2) is 9.55 Å². The normalized spacial score (nSPS) is 11.2. The van der Waals surface area contributed by atoms with Crippen molar-refractivity contribution in [1.82, 2.24) is 9.55 Å². The summed E-state index contributed by atoms with van der Waals surface area (Å²) in [6, 6.07) is 11.4. The highest BCUT2D eigenvalue weighted by Crippen LogP contribution is 2.28. The molecule has 0 amide bonds. The molecule has 0 aliphatic carbocycles. The zero-order valence-electron chi connectivity index (χ0n) is 12.1. The zero-order chi connectivity index (χ0) is 15.5. The molecule has 2 aromatic heterocycles. The van der Waals surface area contributed by atoms with Crippen molar-refractivity contribution >= 4 is 45.6 Å². The Morgan fingerprint density at radius 2 is 2.09 bits per heavy atom. The van der Waals surface area contributed by atoms with Gasteiger partial charge in [-0.1, -0.05) is 42.4 Å². The summed E-state index contributed by atoms with van der Waals surface area (Å²) in [5.41, 5.74) is 0.797. The van der Waals surface area contributed by atoms with Crippen LogP contribution < -0.4 is 5.56 Å². The van der Waals surface area contributed by atoms with Crippen LogP contribution in [0.4, 0.5) is 0 Å². The van der Waals surface area contributed by atoms with Gasteiger partial charge in [0.1, 0.15) is 0 Å². The Morgan fingerprint density at radius 1 is 1.27 bits per heavy atom. The molecule has 0 saturated carbocycles. The summed E-state index contributed by atoms with van der Waals surface area (Å²) in [6.45, 7) is 2.75. The third kappa shape index (κ3) is 3.21. The van der Waals surface area contributed by atoms with Crippen LogP contribution in [-0.2, 0) is 12.3 Å². The van der Waals surface area contributed by atoms with Gasteiger partial charge in [-0.2, -0.15) is 0 Å². The highest BCUT2D eigenvalue weighted by Gasteiger charge is 2.11. The van der Waals surface area contributed by atoms with Gasteiger partial charge in [0.25, 0.3) is 5.56 Å². The molecule has 0 saturated heterocycles. The molecule has 0 fully saturated rings. The number of thiophene rings is 1. The Morgan fingerprint density at radius 3 is 2.82 bits per heavy atom. The molecule has 2 heterocycles. The fraction of sp³-hybridized carbons (Fsp3) is 0.250. The average molecular weight is 351 g/mol. The number of hydrogen-bond acceptors (Lipinski definition) is 4. The minimum Gasteiger partial charge on any atom is -0.287 e. The SMILES string of the molecule is CCCn1c(SCc2ccc(Cl)s2)nc2ccccc2c1=O. The van der Waals surface area contributed by atoms with Crippen molar-refractivity contribution in [3.8, 4) is 0 Å². The topological polar surface area (TPSA) is 34.9 Å². The van der Waals surface area contributed by atoms with E-state index in [-0.39, 0.29) is 5.56 Å². The van der Waals surface area contributed by atoms with Gasteiger partial charge in [-0.25, -0.2) is 4.98 Å².